The van der Waals surface area contributed by atoms with Crippen LogP contribution in [0, 0.1) is 5.92 Å². The molecule has 1 saturated heterocycles. The molecule has 6 heteroatoms. The Morgan fingerprint density at radius 1 is 1.40 bits per heavy atom. The molecule has 0 aromatic carbocycles. The third kappa shape index (κ3) is 3.71. The summed E-state index contributed by atoms with van der Waals surface area (Å²) in [5.74, 6) is -0.836. The van der Waals surface area contributed by atoms with Crippen molar-refractivity contribution in [1.82, 2.24) is 4.90 Å². The molecule has 20 heavy (non-hydrogen) atoms. The quantitative estimate of drug-likeness (QED) is 0.684. The zero-order valence-electron chi connectivity index (χ0n) is 12.5. The number of hydrogen-bond donors (Lipinski definition) is 0. The number of nitrogens with zero attached hydrogens (tertiary/aromatic N) is 1. The van der Waals surface area contributed by atoms with Crippen molar-refractivity contribution in [3.63, 3.8) is 0 Å². The van der Waals surface area contributed by atoms with Gasteiger partial charge in [0.05, 0.1) is 20.1 Å². The largest absolute Gasteiger partial charge is 0.467 e. The lowest BCUT2D eigenvalue weighted by molar-refractivity contribution is -0.154. The maximum absolute atomic E-state index is 12.1. The minimum atomic E-state index is -0.589. The summed E-state index contributed by atoms with van der Waals surface area (Å²) in [5.41, 5.74) is 0. The van der Waals surface area contributed by atoms with Gasteiger partial charge in [-0.05, 0) is 19.3 Å². The molecule has 114 valence electrons. The van der Waals surface area contributed by atoms with Gasteiger partial charge in [-0.1, -0.05) is 13.8 Å². The molecule has 0 saturated carbocycles. The van der Waals surface area contributed by atoms with E-state index in [0.717, 1.165) is 0 Å². The van der Waals surface area contributed by atoms with Gasteiger partial charge in [-0.3, -0.25) is 9.59 Å². The number of hydrogen-bond acceptors (Lipinski definition) is 5. The predicted octanol–water partition coefficient (Wildman–Crippen LogP) is 1.13. The summed E-state index contributed by atoms with van der Waals surface area (Å²) in [6, 6.07) is -0.928. The van der Waals surface area contributed by atoms with Gasteiger partial charge in [-0.15, -0.1) is 0 Å². The normalized spacial score (nSPS) is 20.1. The second-order valence-corrected chi connectivity index (χ2v) is 5.20. The Morgan fingerprint density at radius 3 is 2.55 bits per heavy atom. The van der Waals surface area contributed by atoms with Crippen molar-refractivity contribution >= 4 is 17.8 Å². The van der Waals surface area contributed by atoms with E-state index >= 15 is 0 Å². The molecule has 1 heterocycles. The van der Waals surface area contributed by atoms with E-state index < -0.39 is 12.0 Å². The average molecular weight is 285 g/mol. The number of carbonyl (C=O) groups is 3. The first kappa shape index (κ1) is 16.5. The number of esters is 2. The van der Waals surface area contributed by atoms with Gasteiger partial charge in [0.1, 0.15) is 6.04 Å². The van der Waals surface area contributed by atoms with Crippen LogP contribution >= 0.6 is 0 Å². The van der Waals surface area contributed by atoms with E-state index in [-0.39, 0.29) is 30.3 Å². The van der Waals surface area contributed by atoms with Crippen molar-refractivity contribution in [3.8, 4) is 0 Å². The smallest absolute Gasteiger partial charge is 0.328 e. The fourth-order valence-corrected chi connectivity index (χ4v) is 2.53. The molecule has 1 aliphatic heterocycles. The van der Waals surface area contributed by atoms with E-state index in [1.54, 1.807) is 6.92 Å². The number of methoxy groups -OCH3 is 1. The lowest BCUT2D eigenvalue weighted by Gasteiger charge is -2.34. The van der Waals surface area contributed by atoms with E-state index in [1.165, 1.54) is 12.0 Å². The topological polar surface area (TPSA) is 72.9 Å². The maximum atomic E-state index is 12.1. The van der Waals surface area contributed by atoms with E-state index in [2.05, 4.69) is 0 Å². The Hall–Kier alpha value is -1.59. The van der Waals surface area contributed by atoms with Gasteiger partial charge in [0, 0.05) is 12.5 Å². The molecule has 0 N–H and O–H groups in total. The van der Waals surface area contributed by atoms with Gasteiger partial charge >= 0.3 is 11.9 Å². The van der Waals surface area contributed by atoms with Crippen LogP contribution in [0.5, 0.6) is 0 Å². The van der Waals surface area contributed by atoms with E-state index in [1.807, 2.05) is 13.8 Å². The summed E-state index contributed by atoms with van der Waals surface area (Å²) in [4.78, 5) is 37.0. The fraction of sp³-hybridized carbons (Fsp3) is 0.786. The highest BCUT2D eigenvalue weighted by Crippen LogP contribution is 2.27. The van der Waals surface area contributed by atoms with Crippen LogP contribution in [0.1, 0.15) is 40.0 Å². The van der Waals surface area contributed by atoms with Crippen molar-refractivity contribution in [1.29, 1.82) is 0 Å². The summed E-state index contributed by atoms with van der Waals surface area (Å²) in [6.07, 6.45) is 0.855. The third-order valence-corrected chi connectivity index (χ3v) is 3.54. The molecule has 0 aliphatic carbocycles. The summed E-state index contributed by atoms with van der Waals surface area (Å²) >= 11 is 0. The van der Waals surface area contributed by atoms with Crippen LogP contribution in [0.3, 0.4) is 0 Å². The molecule has 0 aromatic rings. The second-order valence-electron chi connectivity index (χ2n) is 5.20. The van der Waals surface area contributed by atoms with Gasteiger partial charge < -0.3 is 14.4 Å². The van der Waals surface area contributed by atoms with Crippen LogP contribution in [0.2, 0.25) is 0 Å². The van der Waals surface area contributed by atoms with E-state index in [0.29, 0.717) is 19.4 Å². The molecule has 0 bridgehead atoms. The van der Waals surface area contributed by atoms with Crippen LogP contribution in [-0.4, -0.2) is 48.5 Å². The first-order valence-electron chi connectivity index (χ1n) is 6.96. The second kappa shape index (κ2) is 7.26. The average Bonchev–Trinajstić information content (AvgIpc) is 2.77. The van der Waals surface area contributed by atoms with Crippen molar-refractivity contribution in [2.45, 2.75) is 52.1 Å². The molecular weight excluding hydrogens is 262 g/mol. The summed E-state index contributed by atoms with van der Waals surface area (Å²) < 4.78 is 9.69. The highest BCUT2D eigenvalue weighted by molar-refractivity contribution is 5.88. The predicted molar refractivity (Wildman–Crippen MR) is 71.8 cm³/mol. The lowest BCUT2D eigenvalue weighted by atomic mass is 9.98. The van der Waals surface area contributed by atoms with Crippen LogP contribution in [0.15, 0.2) is 0 Å². The number of amides is 1. The molecule has 0 aromatic heterocycles. The van der Waals surface area contributed by atoms with Crippen LogP contribution < -0.4 is 0 Å². The molecule has 1 fully saturated rings. The Bertz CT molecular complexity index is 380. The van der Waals surface area contributed by atoms with Gasteiger partial charge in [0.25, 0.3) is 0 Å². The van der Waals surface area contributed by atoms with Crippen molar-refractivity contribution < 1.29 is 23.9 Å². The monoisotopic (exact) mass is 285 g/mol. The van der Waals surface area contributed by atoms with E-state index in [9.17, 15) is 14.4 Å². The Balaban J connectivity index is 2.90. The summed E-state index contributed by atoms with van der Waals surface area (Å²) in [7, 11) is 1.30. The minimum absolute atomic E-state index is 0.0496. The lowest BCUT2D eigenvalue weighted by Crippen LogP contribution is -2.49. The SMILES string of the molecule is CCOC(=O)CC(C(C)C)N1C(=O)CCC1C(=O)OC. The molecule has 1 amide bonds. The Labute approximate surface area is 119 Å². The van der Waals surface area contributed by atoms with Crippen LogP contribution in [0.25, 0.3) is 0 Å². The van der Waals surface area contributed by atoms with Crippen LogP contribution in [-0.2, 0) is 23.9 Å². The summed E-state index contributed by atoms with van der Waals surface area (Å²) in [5, 5.41) is 0. The van der Waals surface area contributed by atoms with Gasteiger partial charge in [-0.2, -0.15) is 0 Å². The van der Waals surface area contributed by atoms with E-state index in [4.69, 9.17) is 9.47 Å². The first-order valence-corrected chi connectivity index (χ1v) is 6.96. The number of ether oxygens (including phenoxy) is 2. The molecule has 0 spiro atoms. The van der Waals surface area contributed by atoms with Crippen molar-refractivity contribution in [3.05, 3.63) is 0 Å². The van der Waals surface area contributed by atoms with Gasteiger partial charge in [0.15, 0.2) is 0 Å². The molecule has 6 nitrogen and oxygen atoms in total. The fourth-order valence-electron chi connectivity index (χ4n) is 2.53. The van der Waals surface area contributed by atoms with Crippen LogP contribution in [0.4, 0.5) is 0 Å². The molecule has 1 rings (SSSR count). The first-order chi connectivity index (χ1) is 9.42. The zero-order chi connectivity index (χ0) is 15.3. The highest BCUT2D eigenvalue weighted by Gasteiger charge is 2.42. The third-order valence-electron chi connectivity index (χ3n) is 3.54. The van der Waals surface area contributed by atoms with Crippen molar-refractivity contribution in [2.75, 3.05) is 13.7 Å². The minimum Gasteiger partial charge on any atom is -0.467 e. The highest BCUT2D eigenvalue weighted by atomic mass is 16.5. The maximum Gasteiger partial charge on any atom is 0.328 e. The number of likely N-dealkylation sites (tertiary alicyclic amines) is 1. The standard InChI is InChI=1S/C14H23NO5/c1-5-20-13(17)8-11(9(2)3)15-10(14(18)19-4)6-7-12(15)16/h9-11H,5-8H2,1-4H3. The molecule has 2 unspecified atom stereocenters. The van der Waals surface area contributed by atoms with Gasteiger partial charge in [-0.25, -0.2) is 4.79 Å². The van der Waals surface area contributed by atoms with Crippen molar-refractivity contribution in [2.24, 2.45) is 5.92 Å². The Kier molecular flexibility index (Phi) is 5.98. The molecule has 2 atom stereocenters. The molecule has 0 radical (unpaired) electrons. The Morgan fingerprint density at radius 2 is 2.05 bits per heavy atom. The number of rotatable bonds is 6. The summed E-state index contributed by atoms with van der Waals surface area (Å²) in [6.45, 7) is 5.88. The molecular formula is C14H23NO5. The van der Waals surface area contributed by atoms with Gasteiger partial charge in [0.2, 0.25) is 5.91 Å². The number of carbonyl (C=O) groups excluding carboxylic acids is 3. The molecule has 1 aliphatic rings. The zero-order valence-corrected chi connectivity index (χ0v) is 12.5.